The third-order valence-corrected chi connectivity index (χ3v) is 6.52. The van der Waals surface area contributed by atoms with Crippen molar-refractivity contribution in [1.29, 1.82) is 0 Å². The lowest BCUT2D eigenvalue weighted by Gasteiger charge is -2.11. The van der Waals surface area contributed by atoms with Gasteiger partial charge in [-0.1, -0.05) is 42.5 Å². The predicted octanol–water partition coefficient (Wildman–Crippen LogP) is 4.93. The second kappa shape index (κ2) is 8.99. The molecule has 5 rings (SSSR count). The average Bonchev–Trinajstić information content (AvgIpc) is 3.30. The van der Waals surface area contributed by atoms with Gasteiger partial charge < -0.3 is 14.8 Å². The van der Waals surface area contributed by atoms with E-state index in [0.717, 1.165) is 21.9 Å². The third kappa shape index (κ3) is 3.88. The molecule has 1 amide bonds. The smallest absolute Gasteiger partial charge is 0.263 e. The number of amides is 1. The Hall–Kier alpha value is -4.17. The fraction of sp³-hybridized carbons (Fsp3) is 0.115. The molecular weight excluding hydrogens is 450 g/mol. The fourth-order valence-corrected chi connectivity index (χ4v) is 4.88. The highest BCUT2D eigenvalue weighted by molar-refractivity contribution is 7.17. The number of rotatable bonds is 6. The van der Waals surface area contributed by atoms with Crippen molar-refractivity contribution in [1.82, 2.24) is 9.55 Å². The highest BCUT2D eigenvalue weighted by Gasteiger charge is 2.16. The molecule has 0 saturated heterocycles. The number of aromatic nitrogens is 2. The summed E-state index contributed by atoms with van der Waals surface area (Å²) in [5.41, 5.74) is 1.97. The lowest BCUT2D eigenvalue weighted by molar-refractivity contribution is -0.116. The van der Waals surface area contributed by atoms with Gasteiger partial charge in [0.15, 0.2) is 11.5 Å². The van der Waals surface area contributed by atoms with Crippen LogP contribution < -0.4 is 20.3 Å². The number of hydrogen-bond acceptors (Lipinski definition) is 6. The monoisotopic (exact) mass is 471 g/mol. The minimum atomic E-state index is -0.303. The van der Waals surface area contributed by atoms with E-state index >= 15 is 0 Å². The molecule has 2 heterocycles. The lowest BCUT2D eigenvalue weighted by Crippen LogP contribution is -2.27. The zero-order valence-electron chi connectivity index (χ0n) is 18.6. The van der Waals surface area contributed by atoms with E-state index in [4.69, 9.17) is 9.47 Å². The Morgan fingerprint density at radius 3 is 2.65 bits per heavy atom. The van der Waals surface area contributed by atoms with Crippen molar-refractivity contribution in [2.24, 2.45) is 0 Å². The second-order valence-corrected chi connectivity index (χ2v) is 8.51. The van der Waals surface area contributed by atoms with Crippen LogP contribution in [0.4, 0.5) is 5.69 Å². The lowest BCUT2D eigenvalue weighted by atomic mass is 10.1. The van der Waals surface area contributed by atoms with Gasteiger partial charge in [-0.3, -0.25) is 14.2 Å². The van der Waals surface area contributed by atoms with E-state index in [9.17, 15) is 9.59 Å². The van der Waals surface area contributed by atoms with Gasteiger partial charge in [0, 0.05) is 22.0 Å². The number of nitrogens with zero attached hydrogens (tertiary/aromatic N) is 2. The maximum absolute atomic E-state index is 13.4. The van der Waals surface area contributed by atoms with Gasteiger partial charge in [-0.25, -0.2) is 4.98 Å². The van der Waals surface area contributed by atoms with Gasteiger partial charge in [0.2, 0.25) is 5.91 Å². The minimum Gasteiger partial charge on any atom is -0.493 e. The molecule has 8 heteroatoms. The highest BCUT2D eigenvalue weighted by atomic mass is 32.1. The summed E-state index contributed by atoms with van der Waals surface area (Å²) < 4.78 is 12.1. The summed E-state index contributed by atoms with van der Waals surface area (Å²) in [6, 6.07) is 19.0. The molecule has 0 fully saturated rings. The van der Waals surface area contributed by atoms with E-state index in [-0.39, 0.29) is 18.0 Å². The summed E-state index contributed by atoms with van der Waals surface area (Å²) >= 11 is 1.38. The summed E-state index contributed by atoms with van der Waals surface area (Å²) in [7, 11) is 3.14. The van der Waals surface area contributed by atoms with Gasteiger partial charge >= 0.3 is 0 Å². The molecule has 0 atom stereocenters. The summed E-state index contributed by atoms with van der Waals surface area (Å²) in [4.78, 5) is 31.2. The van der Waals surface area contributed by atoms with Crippen LogP contribution in [-0.4, -0.2) is 29.7 Å². The molecule has 0 aliphatic heterocycles. The Kier molecular flexibility index (Phi) is 5.73. The Morgan fingerprint density at radius 2 is 1.82 bits per heavy atom. The average molecular weight is 472 g/mol. The Balaban J connectivity index is 1.48. The first-order chi connectivity index (χ1) is 16.6. The minimum absolute atomic E-state index is 0.147. The van der Waals surface area contributed by atoms with Gasteiger partial charge in [0.05, 0.1) is 25.9 Å². The van der Waals surface area contributed by atoms with Gasteiger partial charge in [0.1, 0.15) is 11.4 Å². The first-order valence-electron chi connectivity index (χ1n) is 10.6. The van der Waals surface area contributed by atoms with Crippen LogP contribution in [-0.2, 0) is 11.3 Å². The number of benzene rings is 3. The Labute approximate surface area is 199 Å². The standard InChI is InChI=1S/C26H21N3O4S/c1-32-21-11-10-17(12-22(21)33-2)19-14-34-25-24(19)26(31)29(15-27-25)13-23(30)28-20-9-5-7-16-6-3-4-8-18(16)20/h3-12,14-15H,13H2,1-2H3,(H,28,30). The number of anilines is 1. The predicted molar refractivity (Wildman–Crippen MR) is 135 cm³/mol. The van der Waals surface area contributed by atoms with E-state index in [1.807, 2.05) is 60.0 Å². The van der Waals surface area contributed by atoms with Crippen molar-refractivity contribution in [3.8, 4) is 22.6 Å². The number of thiophene rings is 1. The van der Waals surface area contributed by atoms with Crippen LogP contribution >= 0.6 is 11.3 Å². The maximum Gasteiger partial charge on any atom is 0.263 e. The number of fused-ring (bicyclic) bond motifs is 2. The Bertz CT molecular complexity index is 1580. The number of nitrogens with one attached hydrogen (secondary N) is 1. The first kappa shape index (κ1) is 21.7. The van der Waals surface area contributed by atoms with E-state index in [1.54, 1.807) is 20.3 Å². The topological polar surface area (TPSA) is 82.5 Å². The first-order valence-corrected chi connectivity index (χ1v) is 11.4. The molecule has 0 aliphatic carbocycles. The van der Waals surface area contributed by atoms with Crippen LogP contribution in [0.3, 0.4) is 0 Å². The number of methoxy groups -OCH3 is 2. The molecule has 34 heavy (non-hydrogen) atoms. The summed E-state index contributed by atoms with van der Waals surface area (Å²) in [5, 5.41) is 7.25. The molecule has 3 aromatic carbocycles. The molecule has 170 valence electrons. The normalized spacial score (nSPS) is 11.0. The van der Waals surface area contributed by atoms with Crippen molar-refractivity contribution in [2.45, 2.75) is 6.54 Å². The fourth-order valence-electron chi connectivity index (χ4n) is 3.98. The quantitative estimate of drug-likeness (QED) is 0.380. The van der Waals surface area contributed by atoms with Crippen LogP contribution in [0.1, 0.15) is 0 Å². The van der Waals surface area contributed by atoms with Crippen LogP contribution in [0.2, 0.25) is 0 Å². The molecular formula is C26H21N3O4S. The van der Waals surface area contributed by atoms with Crippen molar-refractivity contribution < 1.29 is 14.3 Å². The zero-order valence-corrected chi connectivity index (χ0v) is 19.4. The maximum atomic E-state index is 13.4. The van der Waals surface area contributed by atoms with Gasteiger partial charge in [-0.2, -0.15) is 0 Å². The number of hydrogen-bond donors (Lipinski definition) is 1. The van der Waals surface area contributed by atoms with E-state index < -0.39 is 0 Å². The van der Waals surface area contributed by atoms with Gasteiger partial charge in [-0.15, -0.1) is 11.3 Å². The molecule has 0 spiro atoms. The van der Waals surface area contributed by atoms with Crippen molar-refractivity contribution in [2.75, 3.05) is 19.5 Å². The molecule has 5 aromatic rings. The molecule has 1 N–H and O–H groups in total. The third-order valence-electron chi connectivity index (χ3n) is 5.63. The molecule has 0 aliphatic rings. The zero-order chi connectivity index (χ0) is 23.7. The number of ether oxygens (including phenoxy) is 2. The highest BCUT2D eigenvalue weighted by Crippen LogP contribution is 2.36. The molecule has 7 nitrogen and oxygen atoms in total. The molecule has 2 aromatic heterocycles. The summed E-state index contributed by atoms with van der Waals surface area (Å²) in [5.74, 6) is 0.868. The van der Waals surface area contributed by atoms with Crippen LogP contribution in [0.25, 0.3) is 32.1 Å². The van der Waals surface area contributed by atoms with Crippen molar-refractivity contribution in [3.05, 3.63) is 82.7 Å². The SMILES string of the molecule is COc1ccc(-c2csc3ncn(CC(=O)Nc4cccc5ccccc45)c(=O)c23)cc1OC. The Morgan fingerprint density at radius 1 is 1.03 bits per heavy atom. The van der Waals surface area contributed by atoms with Crippen molar-refractivity contribution in [3.63, 3.8) is 0 Å². The van der Waals surface area contributed by atoms with E-state index in [2.05, 4.69) is 10.3 Å². The van der Waals surface area contributed by atoms with Crippen molar-refractivity contribution >= 4 is 43.9 Å². The molecule has 0 unspecified atom stereocenters. The number of carbonyl (C=O) groups excluding carboxylic acids is 1. The molecule has 0 radical (unpaired) electrons. The van der Waals surface area contributed by atoms with E-state index in [1.165, 1.54) is 22.2 Å². The van der Waals surface area contributed by atoms with Gasteiger partial charge in [-0.05, 0) is 29.1 Å². The van der Waals surface area contributed by atoms with Gasteiger partial charge in [0.25, 0.3) is 5.56 Å². The van der Waals surface area contributed by atoms with Crippen LogP contribution in [0.15, 0.2) is 77.2 Å². The second-order valence-electron chi connectivity index (χ2n) is 7.65. The number of carbonyl (C=O) groups is 1. The molecule has 0 saturated carbocycles. The van der Waals surface area contributed by atoms with E-state index in [0.29, 0.717) is 27.4 Å². The van der Waals surface area contributed by atoms with Crippen LogP contribution in [0, 0.1) is 0 Å². The molecule has 0 bridgehead atoms. The summed E-state index contributed by atoms with van der Waals surface area (Å²) in [6.45, 7) is -0.147. The summed E-state index contributed by atoms with van der Waals surface area (Å²) in [6.07, 6.45) is 1.42. The van der Waals surface area contributed by atoms with Crippen LogP contribution in [0.5, 0.6) is 11.5 Å². The largest absolute Gasteiger partial charge is 0.493 e.